The average Bonchev–Trinajstić information content (AvgIpc) is 3.61. The fourth-order valence-corrected chi connectivity index (χ4v) is 4.95. The summed E-state index contributed by atoms with van der Waals surface area (Å²) < 4.78 is 65.4. The predicted molar refractivity (Wildman–Crippen MR) is 133 cm³/mol. The fraction of sp³-hybridized carbons (Fsp3) is 0.609. The summed E-state index contributed by atoms with van der Waals surface area (Å²) in [4.78, 5) is 35.7. The van der Waals surface area contributed by atoms with E-state index >= 15 is 0 Å². The lowest BCUT2D eigenvalue weighted by atomic mass is 9.96. The molecule has 4 rings (SSSR count). The molecule has 2 aliphatic rings. The molecule has 2 aromatic rings. The van der Waals surface area contributed by atoms with Crippen LogP contribution in [0.4, 0.5) is 26.3 Å². The van der Waals surface area contributed by atoms with Crippen molar-refractivity contribution in [1.29, 1.82) is 0 Å². The number of hydrogen-bond acceptors (Lipinski definition) is 8. The van der Waals surface area contributed by atoms with Gasteiger partial charge in [0, 0.05) is 51.5 Å². The highest BCUT2D eigenvalue weighted by atomic mass is 32.1. The van der Waals surface area contributed by atoms with Crippen LogP contribution in [0, 0.1) is 12.8 Å². The second-order valence-corrected chi connectivity index (χ2v) is 10.4. The van der Waals surface area contributed by atoms with Gasteiger partial charge in [-0.3, -0.25) is 14.4 Å². The van der Waals surface area contributed by atoms with E-state index in [1.54, 1.807) is 11.3 Å². The number of nitrogens with two attached hydrogens (primary N) is 1. The van der Waals surface area contributed by atoms with E-state index in [0.717, 1.165) is 74.7 Å². The van der Waals surface area contributed by atoms with Crippen LogP contribution in [0.15, 0.2) is 17.6 Å². The standard InChI is InChI=1S/C19H28N6OS.2C2HF3O2/c1-14-5-9-27-18(14)19(26)24-7-2-15(3-8-24)10-25-13-17(21-22-25)12-23-6-4-16(20)11-23;2*3-2(4,5)1(6)7/h5,9,13,15-16H,2-4,6-8,10-12,20H2,1H3;2*(H,6,7)/t16-;;/m1../s1. The molecule has 0 aromatic carbocycles. The van der Waals surface area contributed by atoms with Crippen LogP contribution in [-0.4, -0.2) is 97.4 Å². The summed E-state index contributed by atoms with van der Waals surface area (Å²) in [6.45, 7) is 7.37. The van der Waals surface area contributed by atoms with Crippen molar-refractivity contribution >= 4 is 29.2 Å². The van der Waals surface area contributed by atoms with Crippen molar-refractivity contribution in [2.24, 2.45) is 11.7 Å². The molecular formula is C23H30F6N6O5S. The summed E-state index contributed by atoms with van der Waals surface area (Å²) in [6, 6.07) is 2.31. The third-order valence-electron chi connectivity index (χ3n) is 6.17. The number of aryl methyl sites for hydroxylation is 1. The van der Waals surface area contributed by atoms with Gasteiger partial charge in [0.1, 0.15) is 0 Å². The Balaban J connectivity index is 0.000000349. The third-order valence-corrected chi connectivity index (χ3v) is 7.17. The third kappa shape index (κ3) is 11.3. The highest BCUT2D eigenvalue weighted by molar-refractivity contribution is 7.12. The van der Waals surface area contributed by atoms with Crippen molar-refractivity contribution in [2.75, 3.05) is 26.2 Å². The van der Waals surface area contributed by atoms with Crippen LogP contribution in [0.2, 0.25) is 0 Å². The molecule has 2 fully saturated rings. The fourth-order valence-electron chi connectivity index (χ4n) is 4.05. The zero-order valence-corrected chi connectivity index (χ0v) is 22.7. The van der Waals surface area contributed by atoms with Gasteiger partial charge in [-0.1, -0.05) is 5.21 Å². The Morgan fingerprint density at radius 1 is 1.02 bits per heavy atom. The number of likely N-dealkylation sites (tertiary alicyclic amines) is 2. The molecule has 1 amide bonds. The molecule has 0 aliphatic carbocycles. The Hall–Kier alpha value is -3.25. The van der Waals surface area contributed by atoms with Gasteiger partial charge in [-0.2, -0.15) is 26.3 Å². The van der Waals surface area contributed by atoms with Gasteiger partial charge in [-0.15, -0.1) is 16.4 Å². The van der Waals surface area contributed by atoms with Crippen molar-refractivity contribution in [3.63, 3.8) is 0 Å². The minimum absolute atomic E-state index is 0.188. The number of nitrogens with zero attached hydrogens (tertiary/aromatic N) is 5. The lowest BCUT2D eigenvalue weighted by Crippen LogP contribution is -2.39. The number of rotatable bonds is 5. The number of amides is 1. The van der Waals surface area contributed by atoms with Crippen LogP contribution in [0.3, 0.4) is 0 Å². The summed E-state index contributed by atoms with van der Waals surface area (Å²) in [5.41, 5.74) is 8.07. The average molecular weight is 617 g/mol. The summed E-state index contributed by atoms with van der Waals surface area (Å²) in [7, 11) is 0. The minimum atomic E-state index is -5.08. The molecule has 1 atom stereocenters. The van der Waals surface area contributed by atoms with Crippen LogP contribution >= 0.6 is 11.3 Å². The largest absolute Gasteiger partial charge is 0.490 e. The molecule has 2 saturated heterocycles. The highest BCUT2D eigenvalue weighted by Crippen LogP contribution is 2.24. The number of alkyl halides is 6. The van der Waals surface area contributed by atoms with Crippen LogP contribution in [0.25, 0.3) is 0 Å². The summed E-state index contributed by atoms with van der Waals surface area (Å²) in [5, 5.41) is 24.9. The number of carboxylic acids is 2. The van der Waals surface area contributed by atoms with E-state index in [2.05, 4.69) is 21.4 Å². The molecule has 41 heavy (non-hydrogen) atoms. The van der Waals surface area contributed by atoms with Gasteiger partial charge < -0.3 is 20.8 Å². The van der Waals surface area contributed by atoms with E-state index in [4.69, 9.17) is 25.5 Å². The number of carboxylic acid groups (broad SMARTS) is 2. The second kappa shape index (κ2) is 14.6. The molecule has 4 N–H and O–H groups in total. The molecule has 2 aliphatic heterocycles. The van der Waals surface area contributed by atoms with Gasteiger partial charge in [0.05, 0.1) is 10.6 Å². The number of thiophene rings is 1. The van der Waals surface area contributed by atoms with Crippen molar-refractivity contribution in [2.45, 2.75) is 57.7 Å². The van der Waals surface area contributed by atoms with Gasteiger partial charge in [0.25, 0.3) is 5.91 Å². The molecular weight excluding hydrogens is 586 g/mol. The van der Waals surface area contributed by atoms with Crippen molar-refractivity contribution in [3.8, 4) is 0 Å². The summed E-state index contributed by atoms with van der Waals surface area (Å²) in [6.07, 6.45) is -4.99. The summed E-state index contributed by atoms with van der Waals surface area (Å²) in [5.74, 6) is -4.78. The zero-order valence-electron chi connectivity index (χ0n) is 21.9. The monoisotopic (exact) mass is 616 g/mol. The summed E-state index contributed by atoms with van der Waals surface area (Å²) >= 11 is 1.55. The van der Waals surface area contributed by atoms with Gasteiger partial charge in [0.2, 0.25) is 0 Å². The van der Waals surface area contributed by atoms with Gasteiger partial charge in [-0.25, -0.2) is 9.59 Å². The molecule has 0 unspecified atom stereocenters. The number of carbonyl (C=O) groups is 3. The predicted octanol–water partition coefficient (Wildman–Crippen LogP) is 3.00. The number of piperidine rings is 1. The number of aliphatic carboxylic acids is 2. The highest BCUT2D eigenvalue weighted by Gasteiger charge is 2.39. The van der Waals surface area contributed by atoms with E-state index in [1.165, 1.54) is 0 Å². The van der Waals surface area contributed by atoms with Crippen LogP contribution in [0.5, 0.6) is 0 Å². The van der Waals surface area contributed by atoms with E-state index in [1.807, 2.05) is 28.0 Å². The molecule has 2 aromatic heterocycles. The first-order valence-corrected chi connectivity index (χ1v) is 13.2. The Morgan fingerprint density at radius 3 is 2.02 bits per heavy atom. The van der Waals surface area contributed by atoms with Crippen molar-refractivity contribution < 1.29 is 50.9 Å². The Kier molecular flexibility index (Phi) is 12.1. The minimum Gasteiger partial charge on any atom is -0.475 e. The first kappa shape index (κ1) is 34.0. The van der Waals surface area contributed by atoms with E-state index < -0.39 is 24.3 Å². The van der Waals surface area contributed by atoms with E-state index in [9.17, 15) is 31.1 Å². The number of halogens is 6. The zero-order chi connectivity index (χ0) is 31.0. The molecule has 18 heteroatoms. The normalized spacial score (nSPS) is 18.2. The topological polar surface area (TPSA) is 155 Å². The Bertz CT molecular complexity index is 1140. The first-order valence-electron chi connectivity index (χ1n) is 12.3. The number of hydrogen-bond donors (Lipinski definition) is 3. The molecule has 4 heterocycles. The smallest absolute Gasteiger partial charge is 0.475 e. The quantitative estimate of drug-likeness (QED) is 0.430. The molecule has 0 radical (unpaired) electrons. The maximum atomic E-state index is 12.6. The molecule has 0 saturated carbocycles. The van der Waals surface area contributed by atoms with Gasteiger partial charge in [-0.05, 0) is 49.1 Å². The SMILES string of the molecule is Cc1ccsc1C(=O)N1CCC(Cn2cc(CN3CC[C@@H](N)C3)nn2)CC1.O=C(O)C(F)(F)F.O=C(O)C(F)(F)F. The van der Waals surface area contributed by atoms with Crippen LogP contribution in [-0.2, 0) is 22.7 Å². The van der Waals surface area contributed by atoms with E-state index in [0.29, 0.717) is 12.0 Å². The van der Waals surface area contributed by atoms with Crippen LogP contribution in [0.1, 0.15) is 40.2 Å². The lowest BCUT2D eigenvalue weighted by molar-refractivity contribution is -0.193. The number of carbonyl (C=O) groups excluding carboxylic acids is 1. The maximum Gasteiger partial charge on any atom is 0.490 e. The Morgan fingerprint density at radius 2 is 1.59 bits per heavy atom. The maximum absolute atomic E-state index is 12.6. The number of aromatic nitrogens is 3. The molecule has 0 spiro atoms. The Labute approximate surface area is 234 Å². The van der Waals surface area contributed by atoms with Gasteiger partial charge in [0.15, 0.2) is 0 Å². The lowest BCUT2D eigenvalue weighted by Gasteiger charge is -2.31. The van der Waals surface area contributed by atoms with Gasteiger partial charge >= 0.3 is 24.3 Å². The first-order chi connectivity index (χ1) is 19.0. The molecule has 11 nitrogen and oxygen atoms in total. The second-order valence-electron chi connectivity index (χ2n) is 9.49. The molecule has 0 bridgehead atoms. The van der Waals surface area contributed by atoms with E-state index in [-0.39, 0.29) is 5.91 Å². The van der Waals surface area contributed by atoms with Crippen molar-refractivity contribution in [3.05, 3.63) is 33.8 Å². The van der Waals surface area contributed by atoms with Crippen molar-refractivity contribution in [1.82, 2.24) is 24.8 Å². The molecule has 230 valence electrons. The van der Waals surface area contributed by atoms with Crippen LogP contribution < -0.4 is 5.73 Å².